The average Bonchev–Trinajstić information content (AvgIpc) is 1.99. The maximum atomic E-state index is 10.2. The number of hydrogen-bond acceptors (Lipinski definition) is 2. The molecule has 0 aliphatic heterocycles. The van der Waals surface area contributed by atoms with Crippen molar-refractivity contribution in [2.45, 2.75) is 45.6 Å². The van der Waals surface area contributed by atoms with Crippen molar-refractivity contribution in [1.82, 2.24) is 0 Å². The van der Waals surface area contributed by atoms with E-state index in [1.54, 1.807) is 0 Å². The van der Waals surface area contributed by atoms with Gasteiger partial charge in [-0.1, -0.05) is 20.3 Å². The molecule has 0 saturated heterocycles. The predicted molar refractivity (Wildman–Crippen MR) is 46.9 cm³/mol. The Morgan fingerprint density at radius 1 is 1.42 bits per heavy atom. The van der Waals surface area contributed by atoms with E-state index >= 15 is 0 Å². The van der Waals surface area contributed by atoms with Crippen LogP contribution in [0.5, 0.6) is 0 Å². The summed E-state index contributed by atoms with van der Waals surface area (Å²) in [7, 11) is 0. The van der Waals surface area contributed by atoms with Crippen molar-refractivity contribution in [2.24, 2.45) is 5.92 Å². The van der Waals surface area contributed by atoms with Crippen LogP contribution in [-0.2, 0) is 4.79 Å². The van der Waals surface area contributed by atoms with Crippen LogP contribution in [0.25, 0.3) is 0 Å². The van der Waals surface area contributed by atoms with E-state index in [2.05, 4.69) is 13.8 Å². The molecule has 1 unspecified atom stereocenters. The van der Waals surface area contributed by atoms with E-state index < -0.39 is 12.1 Å². The van der Waals surface area contributed by atoms with Gasteiger partial charge in [-0.2, -0.15) is 0 Å². The van der Waals surface area contributed by atoms with Crippen LogP contribution < -0.4 is 0 Å². The molecule has 0 aliphatic carbocycles. The minimum absolute atomic E-state index is 0.129. The number of carbonyl (C=O) groups is 1. The molecule has 0 heterocycles. The normalized spacial score (nSPS) is 15.6. The van der Waals surface area contributed by atoms with Gasteiger partial charge in [0.2, 0.25) is 0 Å². The lowest BCUT2D eigenvalue weighted by molar-refractivity contribution is -0.139. The second kappa shape index (κ2) is 6.00. The molecule has 2 N–H and O–H groups in total. The Labute approximate surface area is 73.4 Å². The molecule has 0 saturated carbocycles. The summed E-state index contributed by atoms with van der Waals surface area (Å²) >= 11 is 0. The third kappa shape index (κ3) is 6.16. The van der Waals surface area contributed by atoms with Crippen molar-refractivity contribution < 1.29 is 15.0 Å². The van der Waals surface area contributed by atoms with E-state index in [-0.39, 0.29) is 6.42 Å². The average molecular weight is 174 g/mol. The zero-order chi connectivity index (χ0) is 9.56. The molecule has 0 aromatic carbocycles. The number of aliphatic hydroxyl groups excluding tert-OH is 1. The SMILES string of the molecule is CCC(C)CC[C@@H](O)CC(=O)O. The van der Waals surface area contributed by atoms with Gasteiger partial charge in [-0.3, -0.25) is 4.79 Å². The van der Waals surface area contributed by atoms with Crippen LogP contribution in [0.3, 0.4) is 0 Å². The molecule has 0 spiro atoms. The summed E-state index contributed by atoms with van der Waals surface area (Å²) in [4.78, 5) is 10.2. The molecule has 0 rings (SSSR count). The van der Waals surface area contributed by atoms with E-state index in [1.165, 1.54) is 0 Å². The number of carboxylic acid groups (broad SMARTS) is 1. The lowest BCUT2D eigenvalue weighted by Gasteiger charge is -2.11. The van der Waals surface area contributed by atoms with Gasteiger partial charge < -0.3 is 10.2 Å². The van der Waals surface area contributed by atoms with Gasteiger partial charge >= 0.3 is 5.97 Å². The molecule has 12 heavy (non-hydrogen) atoms. The summed E-state index contributed by atoms with van der Waals surface area (Å²) in [5.74, 6) is -0.347. The van der Waals surface area contributed by atoms with E-state index in [0.717, 1.165) is 12.8 Å². The summed E-state index contributed by atoms with van der Waals surface area (Å²) in [6.45, 7) is 4.20. The number of rotatable bonds is 6. The van der Waals surface area contributed by atoms with Crippen LogP contribution in [0.2, 0.25) is 0 Å². The maximum Gasteiger partial charge on any atom is 0.305 e. The van der Waals surface area contributed by atoms with Gasteiger partial charge in [-0.15, -0.1) is 0 Å². The number of aliphatic carboxylic acids is 1. The van der Waals surface area contributed by atoms with Crippen LogP contribution in [0, 0.1) is 5.92 Å². The van der Waals surface area contributed by atoms with Crippen LogP contribution in [0.4, 0.5) is 0 Å². The molecule has 0 fully saturated rings. The van der Waals surface area contributed by atoms with Crippen molar-refractivity contribution in [1.29, 1.82) is 0 Å². The third-order valence-electron chi connectivity index (χ3n) is 2.10. The lowest BCUT2D eigenvalue weighted by Crippen LogP contribution is -2.13. The van der Waals surface area contributed by atoms with Gasteiger partial charge in [0.25, 0.3) is 0 Å². The largest absolute Gasteiger partial charge is 0.481 e. The second-order valence-corrected chi connectivity index (χ2v) is 3.34. The van der Waals surface area contributed by atoms with Gasteiger partial charge in [0, 0.05) is 0 Å². The third-order valence-corrected chi connectivity index (χ3v) is 2.10. The molecule has 3 heteroatoms. The van der Waals surface area contributed by atoms with E-state index in [9.17, 15) is 9.90 Å². The van der Waals surface area contributed by atoms with Crippen molar-refractivity contribution in [2.75, 3.05) is 0 Å². The summed E-state index contributed by atoms with van der Waals surface area (Å²) in [6.07, 6.45) is 1.79. The molecule has 2 atom stereocenters. The van der Waals surface area contributed by atoms with Gasteiger partial charge in [-0.25, -0.2) is 0 Å². The lowest BCUT2D eigenvalue weighted by atomic mass is 9.99. The highest BCUT2D eigenvalue weighted by Gasteiger charge is 2.10. The highest BCUT2D eigenvalue weighted by molar-refractivity contribution is 5.67. The molecule has 72 valence electrons. The summed E-state index contributed by atoms with van der Waals surface area (Å²) in [6, 6.07) is 0. The summed E-state index contributed by atoms with van der Waals surface area (Å²) < 4.78 is 0. The molecule has 0 amide bonds. The first-order valence-electron chi connectivity index (χ1n) is 4.46. The number of hydrogen-bond donors (Lipinski definition) is 2. The molecule has 0 aliphatic rings. The Kier molecular flexibility index (Phi) is 5.72. The fourth-order valence-electron chi connectivity index (χ4n) is 0.985. The molecular weight excluding hydrogens is 156 g/mol. The number of carboxylic acids is 1. The monoisotopic (exact) mass is 174 g/mol. The zero-order valence-corrected chi connectivity index (χ0v) is 7.79. The van der Waals surface area contributed by atoms with Gasteiger partial charge in [0.1, 0.15) is 0 Å². The minimum Gasteiger partial charge on any atom is -0.481 e. The Bertz CT molecular complexity index is 134. The first kappa shape index (κ1) is 11.4. The highest BCUT2D eigenvalue weighted by Crippen LogP contribution is 2.12. The van der Waals surface area contributed by atoms with Gasteiger partial charge in [0.15, 0.2) is 0 Å². The standard InChI is InChI=1S/C9H18O3/c1-3-7(2)4-5-8(10)6-9(11)12/h7-8,10H,3-6H2,1-2H3,(H,11,12)/t7?,8-/m1/s1. The fourth-order valence-corrected chi connectivity index (χ4v) is 0.985. The fraction of sp³-hybridized carbons (Fsp3) is 0.889. The van der Waals surface area contributed by atoms with E-state index in [4.69, 9.17) is 5.11 Å². The van der Waals surface area contributed by atoms with Crippen LogP contribution in [0.15, 0.2) is 0 Å². The van der Waals surface area contributed by atoms with Crippen molar-refractivity contribution in [3.05, 3.63) is 0 Å². The first-order valence-corrected chi connectivity index (χ1v) is 4.46. The molecule has 0 radical (unpaired) electrons. The zero-order valence-electron chi connectivity index (χ0n) is 7.79. The van der Waals surface area contributed by atoms with Crippen LogP contribution >= 0.6 is 0 Å². The smallest absolute Gasteiger partial charge is 0.305 e. The van der Waals surface area contributed by atoms with Crippen LogP contribution in [-0.4, -0.2) is 22.3 Å². The van der Waals surface area contributed by atoms with E-state index in [1.807, 2.05) is 0 Å². The minimum atomic E-state index is -0.924. The quantitative estimate of drug-likeness (QED) is 0.643. The summed E-state index contributed by atoms with van der Waals surface area (Å²) in [5.41, 5.74) is 0. The van der Waals surface area contributed by atoms with Crippen LogP contribution in [0.1, 0.15) is 39.5 Å². The molecule has 0 bridgehead atoms. The Morgan fingerprint density at radius 2 is 2.00 bits per heavy atom. The highest BCUT2D eigenvalue weighted by atomic mass is 16.4. The van der Waals surface area contributed by atoms with Crippen molar-refractivity contribution >= 4 is 5.97 Å². The molecule has 0 aromatic rings. The van der Waals surface area contributed by atoms with Crippen molar-refractivity contribution in [3.63, 3.8) is 0 Å². The maximum absolute atomic E-state index is 10.2. The van der Waals surface area contributed by atoms with Gasteiger partial charge in [0.05, 0.1) is 12.5 Å². The van der Waals surface area contributed by atoms with Gasteiger partial charge in [-0.05, 0) is 18.8 Å². The molecule has 0 aromatic heterocycles. The Morgan fingerprint density at radius 3 is 2.42 bits per heavy atom. The molecular formula is C9H18O3. The Hall–Kier alpha value is -0.570. The van der Waals surface area contributed by atoms with E-state index in [0.29, 0.717) is 12.3 Å². The predicted octanol–water partition coefficient (Wildman–Crippen LogP) is 1.65. The topological polar surface area (TPSA) is 57.5 Å². The first-order chi connectivity index (χ1) is 5.56. The second-order valence-electron chi connectivity index (χ2n) is 3.34. The Balaban J connectivity index is 3.43. The number of aliphatic hydroxyl groups is 1. The summed E-state index contributed by atoms with van der Waals surface area (Å²) in [5, 5.41) is 17.5. The van der Waals surface area contributed by atoms with Crippen molar-refractivity contribution in [3.8, 4) is 0 Å². The molecule has 3 nitrogen and oxygen atoms in total.